The summed E-state index contributed by atoms with van der Waals surface area (Å²) in [5.74, 6) is 0.0676. The number of nitrogens with zero attached hydrogens (tertiary/aromatic N) is 2. The number of hydrogen-bond acceptors (Lipinski definition) is 6. The first-order valence-corrected chi connectivity index (χ1v) is 9.80. The van der Waals surface area contributed by atoms with Crippen LogP contribution in [-0.4, -0.2) is 54.5 Å². The van der Waals surface area contributed by atoms with Gasteiger partial charge in [0.2, 0.25) is 5.91 Å². The van der Waals surface area contributed by atoms with Crippen molar-refractivity contribution in [3.8, 4) is 0 Å². The van der Waals surface area contributed by atoms with E-state index in [0.717, 1.165) is 19.3 Å². The predicted octanol–water partition coefficient (Wildman–Crippen LogP) is 2.76. The smallest absolute Gasteiger partial charge is 0.339 e. The van der Waals surface area contributed by atoms with E-state index in [1.807, 2.05) is 0 Å². The molecular formula is C21H29N3O5. The van der Waals surface area contributed by atoms with Gasteiger partial charge in [0.25, 0.3) is 5.91 Å². The zero-order valence-corrected chi connectivity index (χ0v) is 17.4. The Labute approximate surface area is 171 Å². The molecule has 0 aromatic carbocycles. The SMILES string of the molecule is CCCCC(C)C[C@@H](C(=O)Nc1ccc(C(=O)OC)cn1)N1CC(OC)=CC1=O. The molecule has 1 aliphatic heterocycles. The molecule has 1 aromatic rings. The van der Waals surface area contributed by atoms with E-state index < -0.39 is 12.0 Å². The minimum Gasteiger partial charge on any atom is -0.499 e. The maximum atomic E-state index is 13.0. The van der Waals surface area contributed by atoms with Crippen LogP contribution in [-0.2, 0) is 19.1 Å². The Morgan fingerprint density at radius 2 is 2.07 bits per heavy atom. The van der Waals surface area contributed by atoms with Crippen molar-refractivity contribution in [3.63, 3.8) is 0 Å². The summed E-state index contributed by atoms with van der Waals surface area (Å²) in [6.07, 6.45) is 6.44. The van der Waals surface area contributed by atoms with E-state index in [0.29, 0.717) is 23.6 Å². The Balaban J connectivity index is 2.13. The Bertz CT molecular complexity index is 760. The second-order valence-corrected chi connectivity index (χ2v) is 7.19. The van der Waals surface area contributed by atoms with E-state index in [1.165, 1.54) is 43.5 Å². The lowest BCUT2D eigenvalue weighted by Crippen LogP contribution is -2.46. The molecule has 2 rings (SSSR count). The van der Waals surface area contributed by atoms with Gasteiger partial charge in [-0.2, -0.15) is 0 Å². The van der Waals surface area contributed by atoms with Crippen molar-refractivity contribution in [2.24, 2.45) is 5.92 Å². The molecule has 158 valence electrons. The van der Waals surface area contributed by atoms with Gasteiger partial charge < -0.3 is 19.7 Å². The summed E-state index contributed by atoms with van der Waals surface area (Å²) >= 11 is 0. The van der Waals surface area contributed by atoms with Crippen molar-refractivity contribution >= 4 is 23.6 Å². The molecule has 0 saturated heterocycles. The quantitative estimate of drug-likeness (QED) is 0.603. The molecule has 0 bridgehead atoms. The zero-order valence-electron chi connectivity index (χ0n) is 17.4. The summed E-state index contributed by atoms with van der Waals surface area (Å²) < 4.78 is 9.83. The Morgan fingerprint density at radius 3 is 2.62 bits per heavy atom. The number of aromatic nitrogens is 1. The van der Waals surface area contributed by atoms with Gasteiger partial charge in [-0.15, -0.1) is 0 Å². The molecule has 0 fully saturated rings. The van der Waals surface area contributed by atoms with Gasteiger partial charge in [0.1, 0.15) is 17.6 Å². The van der Waals surface area contributed by atoms with Crippen molar-refractivity contribution in [2.45, 2.75) is 45.6 Å². The van der Waals surface area contributed by atoms with Crippen LogP contribution in [0.1, 0.15) is 49.9 Å². The number of unbranched alkanes of at least 4 members (excludes halogenated alkanes) is 1. The number of nitrogens with one attached hydrogen (secondary N) is 1. The average molecular weight is 403 g/mol. The monoisotopic (exact) mass is 403 g/mol. The zero-order chi connectivity index (χ0) is 21.4. The van der Waals surface area contributed by atoms with Gasteiger partial charge in [-0.05, 0) is 24.5 Å². The lowest BCUT2D eigenvalue weighted by Gasteiger charge is -2.29. The molecule has 2 heterocycles. The first-order chi connectivity index (χ1) is 13.9. The fourth-order valence-corrected chi connectivity index (χ4v) is 3.24. The topological polar surface area (TPSA) is 97.8 Å². The summed E-state index contributed by atoms with van der Waals surface area (Å²) in [7, 11) is 2.80. The third-order valence-electron chi connectivity index (χ3n) is 4.95. The van der Waals surface area contributed by atoms with Crippen molar-refractivity contribution in [1.29, 1.82) is 0 Å². The molecule has 0 spiro atoms. The molecule has 8 heteroatoms. The fourth-order valence-electron chi connectivity index (χ4n) is 3.24. The lowest BCUT2D eigenvalue weighted by atomic mass is 9.95. The van der Waals surface area contributed by atoms with Crippen LogP contribution in [0, 0.1) is 5.92 Å². The Kier molecular flexibility index (Phi) is 8.18. The number of carbonyl (C=O) groups is 3. The van der Waals surface area contributed by atoms with E-state index in [1.54, 1.807) is 0 Å². The van der Waals surface area contributed by atoms with Crippen molar-refractivity contribution in [2.75, 3.05) is 26.1 Å². The number of hydrogen-bond donors (Lipinski definition) is 1. The number of methoxy groups -OCH3 is 2. The molecule has 1 N–H and O–H groups in total. The first kappa shape index (κ1) is 22.4. The number of carbonyl (C=O) groups excluding carboxylic acids is 3. The van der Waals surface area contributed by atoms with E-state index in [2.05, 4.69) is 28.9 Å². The summed E-state index contributed by atoms with van der Waals surface area (Å²) in [4.78, 5) is 42.6. The minimum absolute atomic E-state index is 0.237. The van der Waals surface area contributed by atoms with Gasteiger partial charge in [-0.3, -0.25) is 9.59 Å². The normalized spacial score (nSPS) is 15.5. The third kappa shape index (κ3) is 6.04. The van der Waals surface area contributed by atoms with Gasteiger partial charge in [0.15, 0.2) is 0 Å². The minimum atomic E-state index is -0.639. The van der Waals surface area contributed by atoms with Crippen LogP contribution in [0.2, 0.25) is 0 Å². The number of rotatable bonds is 10. The molecule has 0 saturated carbocycles. The van der Waals surface area contributed by atoms with Crippen LogP contribution in [0.15, 0.2) is 30.2 Å². The van der Waals surface area contributed by atoms with Gasteiger partial charge in [-0.1, -0.05) is 33.1 Å². The number of ether oxygens (including phenoxy) is 2. The molecule has 0 aliphatic carbocycles. The fraction of sp³-hybridized carbons (Fsp3) is 0.524. The van der Waals surface area contributed by atoms with E-state index >= 15 is 0 Å². The summed E-state index contributed by atoms with van der Waals surface area (Å²) in [5.41, 5.74) is 0.291. The van der Waals surface area contributed by atoms with Crippen LogP contribution in [0.5, 0.6) is 0 Å². The number of pyridine rings is 1. The summed E-state index contributed by atoms with van der Waals surface area (Å²) in [5, 5.41) is 2.76. The highest BCUT2D eigenvalue weighted by atomic mass is 16.5. The van der Waals surface area contributed by atoms with Crippen LogP contribution in [0.25, 0.3) is 0 Å². The largest absolute Gasteiger partial charge is 0.499 e. The second-order valence-electron chi connectivity index (χ2n) is 7.19. The highest BCUT2D eigenvalue weighted by Crippen LogP contribution is 2.23. The lowest BCUT2D eigenvalue weighted by molar-refractivity contribution is -0.134. The molecule has 8 nitrogen and oxygen atoms in total. The summed E-state index contributed by atoms with van der Waals surface area (Å²) in [6, 6.07) is 2.42. The number of anilines is 1. The predicted molar refractivity (Wildman–Crippen MR) is 108 cm³/mol. The highest BCUT2D eigenvalue weighted by molar-refractivity contribution is 6.00. The maximum Gasteiger partial charge on any atom is 0.339 e. The molecule has 29 heavy (non-hydrogen) atoms. The molecule has 1 aromatic heterocycles. The maximum absolute atomic E-state index is 13.0. The van der Waals surface area contributed by atoms with Gasteiger partial charge in [-0.25, -0.2) is 9.78 Å². The molecule has 2 atom stereocenters. The van der Waals surface area contributed by atoms with Crippen molar-refractivity contribution in [3.05, 3.63) is 35.7 Å². The third-order valence-corrected chi connectivity index (χ3v) is 4.95. The van der Waals surface area contributed by atoms with Gasteiger partial charge in [0, 0.05) is 12.3 Å². The first-order valence-electron chi connectivity index (χ1n) is 9.80. The van der Waals surface area contributed by atoms with E-state index in [4.69, 9.17) is 4.74 Å². The highest BCUT2D eigenvalue weighted by Gasteiger charge is 2.34. The Morgan fingerprint density at radius 1 is 1.31 bits per heavy atom. The van der Waals surface area contributed by atoms with Crippen LogP contribution < -0.4 is 5.32 Å². The molecule has 1 aliphatic rings. The van der Waals surface area contributed by atoms with E-state index in [9.17, 15) is 14.4 Å². The number of esters is 1. The average Bonchev–Trinajstić information content (AvgIpc) is 3.10. The molecule has 0 radical (unpaired) electrons. The van der Waals surface area contributed by atoms with Crippen molar-refractivity contribution < 1.29 is 23.9 Å². The van der Waals surface area contributed by atoms with Crippen molar-refractivity contribution in [1.82, 2.24) is 9.88 Å². The summed E-state index contributed by atoms with van der Waals surface area (Å²) in [6.45, 7) is 4.48. The van der Waals surface area contributed by atoms with Gasteiger partial charge >= 0.3 is 5.97 Å². The Hall–Kier alpha value is -2.90. The van der Waals surface area contributed by atoms with Gasteiger partial charge in [0.05, 0.1) is 26.3 Å². The second kappa shape index (κ2) is 10.6. The standard InChI is InChI=1S/C21H29N3O5/c1-5-6-7-14(2)10-17(24-13-16(28-3)11-19(24)25)20(26)23-18-9-8-15(12-22-18)21(27)29-4/h8-9,11-12,14,17H,5-7,10,13H2,1-4H3,(H,22,23,26)/t14?,17-/m0/s1. The van der Waals surface area contributed by atoms with Crippen LogP contribution >= 0.6 is 0 Å². The van der Waals surface area contributed by atoms with E-state index in [-0.39, 0.29) is 24.3 Å². The molecular weight excluding hydrogens is 374 g/mol. The molecule has 1 unspecified atom stereocenters. The van der Waals surface area contributed by atoms with Crippen LogP contribution in [0.3, 0.4) is 0 Å². The van der Waals surface area contributed by atoms with Crippen LogP contribution in [0.4, 0.5) is 5.82 Å². The molecule has 2 amide bonds. The number of amides is 2.